The van der Waals surface area contributed by atoms with Crippen molar-refractivity contribution in [2.24, 2.45) is 5.73 Å². The lowest BCUT2D eigenvalue weighted by Crippen LogP contribution is -2.07. The van der Waals surface area contributed by atoms with Crippen LogP contribution in [0.3, 0.4) is 0 Å². The third-order valence-electron chi connectivity index (χ3n) is 2.06. The van der Waals surface area contributed by atoms with Crippen molar-refractivity contribution in [1.29, 1.82) is 0 Å². The molecule has 0 radical (unpaired) electrons. The Balaban J connectivity index is 2.63. The molecule has 0 spiro atoms. The van der Waals surface area contributed by atoms with Gasteiger partial charge in [0.15, 0.2) is 0 Å². The number of hydrogen-bond donors (Lipinski definition) is 1. The molecule has 0 atom stereocenters. The summed E-state index contributed by atoms with van der Waals surface area (Å²) < 4.78 is 12.9. The van der Waals surface area contributed by atoms with E-state index in [1.165, 1.54) is 18.2 Å². The zero-order chi connectivity index (χ0) is 11.3. The number of nitrogens with two attached hydrogens (primary N) is 1. The van der Waals surface area contributed by atoms with Crippen LogP contribution in [0.25, 0.3) is 0 Å². The van der Waals surface area contributed by atoms with E-state index >= 15 is 0 Å². The van der Waals surface area contributed by atoms with Crippen LogP contribution in [0.15, 0.2) is 18.2 Å². The summed E-state index contributed by atoms with van der Waals surface area (Å²) in [5, 5.41) is 0.428. The molecule has 0 aliphatic carbocycles. The van der Waals surface area contributed by atoms with Crippen LogP contribution in [0.2, 0.25) is 5.02 Å². The standard InChI is InChI=1S/C11H13ClFNO/c12-11-4-3-9(13)6-8(11)7-10(15)2-1-5-14/h3-4,6H,1-2,5,7,14H2. The van der Waals surface area contributed by atoms with Crippen molar-refractivity contribution in [3.05, 3.63) is 34.6 Å². The predicted molar refractivity (Wildman–Crippen MR) is 58.4 cm³/mol. The number of hydrogen-bond acceptors (Lipinski definition) is 2. The molecule has 0 heterocycles. The molecule has 0 saturated heterocycles. The lowest BCUT2D eigenvalue weighted by molar-refractivity contribution is -0.118. The summed E-state index contributed by atoms with van der Waals surface area (Å²) in [7, 11) is 0. The van der Waals surface area contributed by atoms with Gasteiger partial charge in [-0.15, -0.1) is 0 Å². The molecule has 0 amide bonds. The second-order valence-electron chi connectivity index (χ2n) is 3.34. The van der Waals surface area contributed by atoms with Crippen molar-refractivity contribution < 1.29 is 9.18 Å². The van der Waals surface area contributed by atoms with E-state index < -0.39 is 0 Å². The molecule has 4 heteroatoms. The first-order chi connectivity index (χ1) is 7.13. The molecule has 1 aromatic carbocycles. The Kier molecular flexibility index (Phi) is 4.72. The number of carbonyl (C=O) groups excluding carboxylic acids is 1. The number of benzene rings is 1. The van der Waals surface area contributed by atoms with E-state index in [1.54, 1.807) is 0 Å². The van der Waals surface area contributed by atoms with Gasteiger partial charge < -0.3 is 5.73 Å². The van der Waals surface area contributed by atoms with Gasteiger partial charge in [0.2, 0.25) is 0 Å². The van der Waals surface area contributed by atoms with E-state index in [2.05, 4.69) is 0 Å². The fraction of sp³-hybridized carbons (Fsp3) is 0.364. The van der Waals surface area contributed by atoms with Crippen LogP contribution in [0, 0.1) is 5.82 Å². The van der Waals surface area contributed by atoms with Crippen LogP contribution >= 0.6 is 11.6 Å². The summed E-state index contributed by atoms with van der Waals surface area (Å²) in [6.45, 7) is 0.489. The molecule has 2 nitrogen and oxygen atoms in total. The third-order valence-corrected chi connectivity index (χ3v) is 2.42. The molecule has 0 aliphatic heterocycles. The highest BCUT2D eigenvalue weighted by atomic mass is 35.5. The summed E-state index contributed by atoms with van der Waals surface area (Å²) >= 11 is 5.83. The molecule has 0 saturated carbocycles. The quantitative estimate of drug-likeness (QED) is 0.842. The molecule has 0 bridgehead atoms. The Morgan fingerprint density at radius 3 is 2.87 bits per heavy atom. The number of Topliss-reactive ketones (excluding diaryl/α,β-unsaturated/α-hetero) is 1. The Morgan fingerprint density at radius 1 is 1.47 bits per heavy atom. The lowest BCUT2D eigenvalue weighted by Gasteiger charge is -2.03. The maximum absolute atomic E-state index is 12.9. The van der Waals surface area contributed by atoms with E-state index in [0.717, 1.165) is 0 Å². The average molecular weight is 230 g/mol. The molecule has 82 valence electrons. The van der Waals surface area contributed by atoms with Crippen LogP contribution in [0.4, 0.5) is 4.39 Å². The number of ketones is 1. The highest BCUT2D eigenvalue weighted by Crippen LogP contribution is 2.18. The number of carbonyl (C=O) groups is 1. The van der Waals surface area contributed by atoms with E-state index in [1.807, 2.05) is 0 Å². The van der Waals surface area contributed by atoms with Crippen molar-refractivity contribution in [3.8, 4) is 0 Å². The smallest absolute Gasteiger partial charge is 0.137 e. The molecule has 0 fully saturated rings. The predicted octanol–water partition coefficient (Wildman–Crippen LogP) is 2.33. The largest absolute Gasteiger partial charge is 0.330 e. The zero-order valence-corrected chi connectivity index (χ0v) is 9.06. The summed E-state index contributed by atoms with van der Waals surface area (Å²) in [6, 6.07) is 4.03. The fourth-order valence-electron chi connectivity index (χ4n) is 1.28. The minimum atomic E-state index is -0.374. The average Bonchev–Trinajstić information content (AvgIpc) is 2.20. The lowest BCUT2D eigenvalue weighted by atomic mass is 10.1. The van der Waals surface area contributed by atoms with Gasteiger partial charge in [0.1, 0.15) is 11.6 Å². The van der Waals surface area contributed by atoms with E-state index in [-0.39, 0.29) is 18.0 Å². The maximum Gasteiger partial charge on any atom is 0.137 e. The van der Waals surface area contributed by atoms with Crippen molar-refractivity contribution in [3.63, 3.8) is 0 Å². The summed E-state index contributed by atoms with van der Waals surface area (Å²) in [4.78, 5) is 11.4. The van der Waals surface area contributed by atoms with Crippen LogP contribution in [0.5, 0.6) is 0 Å². The van der Waals surface area contributed by atoms with Crippen molar-refractivity contribution in [2.75, 3.05) is 6.54 Å². The number of halogens is 2. The fourth-order valence-corrected chi connectivity index (χ4v) is 1.46. The van der Waals surface area contributed by atoms with E-state index in [4.69, 9.17) is 17.3 Å². The SMILES string of the molecule is NCCCC(=O)Cc1cc(F)ccc1Cl. The minimum Gasteiger partial charge on any atom is -0.330 e. The van der Waals surface area contributed by atoms with Crippen molar-refractivity contribution >= 4 is 17.4 Å². The first kappa shape index (κ1) is 12.1. The van der Waals surface area contributed by atoms with Crippen LogP contribution in [0.1, 0.15) is 18.4 Å². The first-order valence-corrected chi connectivity index (χ1v) is 5.17. The molecule has 2 N–H and O–H groups in total. The molecule has 1 aromatic rings. The Hall–Kier alpha value is -0.930. The molecule has 0 aliphatic rings. The highest BCUT2D eigenvalue weighted by Gasteiger charge is 2.07. The van der Waals surface area contributed by atoms with Gasteiger partial charge in [0.25, 0.3) is 0 Å². The molecule has 0 aromatic heterocycles. The molecular formula is C11H13ClFNO. The third kappa shape index (κ3) is 3.98. The van der Waals surface area contributed by atoms with Gasteiger partial charge in [0.05, 0.1) is 0 Å². The van der Waals surface area contributed by atoms with E-state index in [0.29, 0.717) is 30.0 Å². The summed E-state index contributed by atoms with van der Waals surface area (Å²) in [5.41, 5.74) is 5.83. The Bertz CT molecular complexity index is 354. The van der Waals surface area contributed by atoms with Gasteiger partial charge in [-0.3, -0.25) is 4.79 Å². The van der Waals surface area contributed by atoms with Gasteiger partial charge in [-0.1, -0.05) is 11.6 Å². The zero-order valence-electron chi connectivity index (χ0n) is 8.30. The highest BCUT2D eigenvalue weighted by molar-refractivity contribution is 6.31. The monoisotopic (exact) mass is 229 g/mol. The first-order valence-electron chi connectivity index (χ1n) is 4.79. The van der Waals surface area contributed by atoms with Crippen LogP contribution < -0.4 is 5.73 Å². The van der Waals surface area contributed by atoms with Gasteiger partial charge >= 0.3 is 0 Å². The normalized spacial score (nSPS) is 10.3. The molecule has 1 rings (SSSR count). The summed E-state index contributed by atoms with van der Waals surface area (Å²) in [6.07, 6.45) is 1.26. The molecule has 0 unspecified atom stereocenters. The molecular weight excluding hydrogens is 217 g/mol. The van der Waals surface area contributed by atoms with Gasteiger partial charge in [-0.05, 0) is 36.7 Å². The number of rotatable bonds is 5. The van der Waals surface area contributed by atoms with Crippen molar-refractivity contribution in [1.82, 2.24) is 0 Å². The van der Waals surface area contributed by atoms with Crippen LogP contribution in [-0.2, 0) is 11.2 Å². The van der Waals surface area contributed by atoms with Gasteiger partial charge in [-0.25, -0.2) is 4.39 Å². The minimum absolute atomic E-state index is 0.0351. The topological polar surface area (TPSA) is 43.1 Å². The van der Waals surface area contributed by atoms with Gasteiger partial charge in [0, 0.05) is 17.9 Å². The Labute approximate surface area is 93.2 Å². The second kappa shape index (κ2) is 5.83. The van der Waals surface area contributed by atoms with Crippen molar-refractivity contribution in [2.45, 2.75) is 19.3 Å². The van der Waals surface area contributed by atoms with E-state index in [9.17, 15) is 9.18 Å². The Morgan fingerprint density at radius 2 is 2.20 bits per heavy atom. The van der Waals surface area contributed by atoms with Crippen LogP contribution in [-0.4, -0.2) is 12.3 Å². The maximum atomic E-state index is 12.9. The molecule has 15 heavy (non-hydrogen) atoms. The van der Waals surface area contributed by atoms with Gasteiger partial charge in [-0.2, -0.15) is 0 Å². The summed E-state index contributed by atoms with van der Waals surface area (Å²) in [5.74, 6) is -0.339. The second-order valence-corrected chi connectivity index (χ2v) is 3.75.